The van der Waals surface area contributed by atoms with Crippen LogP contribution in [0.2, 0.25) is 0 Å². The van der Waals surface area contributed by atoms with Crippen molar-refractivity contribution in [3.05, 3.63) is 0 Å². The Morgan fingerprint density at radius 1 is 1.23 bits per heavy atom. The van der Waals surface area contributed by atoms with Crippen molar-refractivity contribution in [1.29, 1.82) is 0 Å². The lowest BCUT2D eigenvalue weighted by molar-refractivity contribution is -0.140. The van der Waals surface area contributed by atoms with Gasteiger partial charge in [0.05, 0.1) is 19.0 Å². The van der Waals surface area contributed by atoms with Crippen LogP contribution in [0.1, 0.15) is 26.7 Å². The van der Waals surface area contributed by atoms with E-state index in [1.165, 1.54) is 0 Å². The van der Waals surface area contributed by atoms with Crippen LogP contribution in [0.5, 0.6) is 0 Å². The number of rotatable bonds is 7. The molecule has 2 amide bonds. The zero-order valence-corrected chi connectivity index (χ0v) is 14.3. The third-order valence-corrected chi connectivity index (χ3v) is 4.31. The van der Waals surface area contributed by atoms with E-state index in [9.17, 15) is 18.0 Å². The monoisotopic (exact) mass is 334 g/mol. The number of nitrogens with one attached hydrogen (secondary N) is 1. The van der Waals surface area contributed by atoms with Gasteiger partial charge in [-0.15, -0.1) is 0 Å². The lowest BCUT2D eigenvalue weighted by Gasteiger charge is -2.31. The molecule has 0 aliphatic carbocycles. The van der Waals surface area contributed by atoms with E-state index < -0.39 is 21.8 Å². The van der Waals surface area contributed by atoms with Crippen LogP contribution in [-0.2, 0) is 24.2 Å². The fourth-order valence-corrected chi connectivity index (χ4v) is 2.80. The molecule has 0 spiro atoms. The molecule has 1 aliphatic heterocycles. The molecular formula is C14H26N2O5S. The summed E-state index contributed by atoms with van der Waals surface area (Å²) >= 11 is 0. The fourth-order valence-electron chi connectivity index (χ4n) is 2.24. The van der Waals surface area contributed by atoms with Gasteiger partial charge in [-0.3, -0.25) is 9.59 Å². The lowest BCUT2D eigenvalue weighted by Crippen LogP contribution is -2.52. The van der Waals surface area contributed by atoms with Crippen LogP contribution in [0.25, 0.3) is 0 Å². The summed E-state index contributed by atoms with van der Waals surface area (Å²) in [6, 6.07) is -0.606. The maximum absolute atomic E-state index is 12.5. The molecule has 0 aromatic carbocycles. The van der Waals surface area contributed by atoms with Gasteiger partial charge in [0.2, 0.25) is 11.8 Å². The highest BCUT2D eigenvalue weighted by Gasteiger charge is 2.27. The zero-order valence-electron chi connectivity index (χ0n) is 13.5. The van der Waals surface area contributed by atoms with Crippen LogP contribution >= 0.6 is 0 Å². The van der Waals surface area contributed by atoms with E-state index in [2.05, 4.69) is 5.32 Å². The summed E-state index contributed by atoms with van der Waals surface area (Å²) in [6.07, 6.45) is 1.50. The smallest absolute Gasteiger partial charge is 0.245 e. The van der Waals surface area contributed by atoms with Gasteiger partial charge in [-0.05, 0) is 12.3 Å². The first-order valence-corrected chi connectivity index (χ1v) is 9.58. The van der Waals surface area contributed by atoms with Crippen molar-refractivity contribution in [3.63, 3.8) is 0 Å². The standard InChI is InChI=1S/C14H26N2O5S/c1-11(2)10-12(14(18)16-5-7-21-8-6-16)15-13(17)4-9-22(3,19)20/h11-12H,4-10H2,1-3H3,(H,15,17). The summed E-state index contributed by atoms with van der Waals surface area (Å²) in [4.78, 5) is 26.1. The number of morpholine rings is 1. The number of amides is 2. The van der Waals surface area contributed by atoms with Gasteiger partial charge in [-0.25, -0.2) is 8.42 Å². The lowest BCUT2D eigenvalue weighted by atomic mass is 10.0. The molecule has 8 heteroatoms. The predicted molar refractivity (Wildman–Crippen MR) is 83.1 cm³/mol. The minimum absolute atomic E-state index is 0.121. The van der Waals surface area contributed by atoms with Crippen LogP contribution in [0.4, 0.5) is 0 Å². The average molecular weight is 334 g/mol. The quantitative estimate of drug-likeness (QED) is 0.697. The van der Waals surface area contributed by atoms with Crippen LogP contribution in [0.3, 0.4) is 0 Å². The molecular weight excluding hydrogens is 308 g/mol. The van der Waals surface area contributed by atoms with Crippen molar-refractivity contribution in [2.24, 2.45) is 5.92 Å². The second-order valence-electron chi connectivity index (χ2n) is 6.07. The third-order valence-electron chi connectivity index (χ3n) is 3.36. The Morgan fingerprint density at radius 3 is 2.32 bits per heavy atom. The number of nitrogens with zero attached hydrogens (tertiary/aromatic N) is 1. The number of sulfone groups is 1. The highest BCUT2D eigenvalue weighted by Crippen LogP contribution is 2.10. The Labute approximate surface area is 132 Å². The topological polar surface area (TPSA) is 92.8 Å². The summed E-state index contributed by atoms with van der Waals surface area (Å²) in [5.74, 6) is -0.494. The van der Waals surface area contributed by atoms with Gasteiger partial charge in [0.25, 0.3) is 0 Å². The van der Waals surface area contributed by atoms with E-state index in [0.717, 1.165) is 6.26 Å². The second kappa shape index (κ2) is 8.47. The highest BCUT2D eigenvalue weighted by molar-refractivity contribution is 7.90. The van der Waals surface area contributed by atoms with Crippen molar-refractivity contribution in [2.75, 3.05) is 38.3 Å². The number of hydrogen-bond donors (Lipinski definition) is 1. The molecule has 0 aromatic heterocycles. The van der Waals surface area contributed by atoms with Crippen LogP contribution in [0, 0.1) is 5.92 Å². The first-order chi connectivity index (χ1) is 10.2. The molecule has 22 heavy (non-hydrogen) atoms. The van der Waals surface area contributed by atoms with E-state index in [4.69, 9.17) is 4.74 Å². The molecule has 0 bridgehead atoms. The van der Waals surface area contributed by atoms with Gasteiger partial charge in [-0.1, -0.05) is 13.8 Å². The molecule has 1 unspecified atom stereocenters. The Hall–Kier alpha value is -1.15. The maximum atomic E-state index is 12.5. The largest absolute Gasteiger partial charge is 0.378 e. The first kappa shape index (κ1) is 18.9. The number of hydrogen-bond acceptors (Lipinski definition) is 5. The third kappa shape index (κ3) is 7.22. The molecule has 0 radical (unpaired) electrons. The molecule has 1 rings (SSSR count). The van der Waals surface area contributed by atoms with E-state index in [-0.39, 0.29) is 24.0 Å². The molecule has 1 N–H and O–H groups in total. The van der Waals surface area contributed by atoms with Gasteiger partial charge >= 0.3 is 0 Å². The first-order valence-electron chi connectivity index (χ1n) is 7.52. The molecule has 1 saturated heterocycles. The summed E-state index contributed by atoms with van der Waals surface area (Å²) in [7, 11) is -3.19. The van der Waals surface area contributed by atoms with Crippen LogP contribution in [0.15, 0.2) is 0 Å². The number of ether oxygens (including phenoxy) is 1. The van der Waals surface area contributed by atoms with E-state index in [1.54, 1.807) is 4.90 Å². The summed E-state index contributed by atoms with van der Waals surface area (Å²) < 4.78 is 27.4. The minimum atomic E-state index is -3.19. The average Bonchev–Trinajstić information content (AvgIpc) is 2.43. The molecule has 1 fully saturated rings. The SMILES string of the molecule is CC(C)CC(NC(=O)CCS(C)(=O)=O)C(=O)N1CCOCC1. The van der Waals surface area contributed by atoms with Gasteiger partial charge in [0, 0.05) is 25.8 Å². The van der Waals surface area contributed by atoms with Crippen molar-refractivity contribution in [3.8, 4) is 0 Å². The van der Waals surface area contributed by atoms with Gasteiger partial charge in [0.1, 0.15) is 15.9 Å². The molecule has 1 aliphatic rings. The van der Waals surface area contributed by atoms with Crippen LogP contribution < -0.4 is 5.32 Å². The predicted octanol–water partition coefficient (Wildman–Crippen LogP) is -0.189. The molecule has 128 valence electrons. The Balaban J connectivity index is 2.62. The Kier molecular flexibility index (Phi) is 7.28. The summed E-state index contributed by atoms with van der Waals surface area (Å²) in [5, 5.41) is 2.68. The normalized spacial score (nSPS) is 17.4. The molecule has 0 saturated carbocycles. The van der Waals surface area contributed by atoms with Gasteiger partial charge in [0.15, 0.2) is 0 Å². The molecule has 7 nitrogen and oxygen atoms in total. The Morgan fingerprint density at radius 2 is 1.82 bits per heavy atom. The van der Waals surface area contributed by atoms with Crippen molar-refractivity contribution < 1.29 is 22.7 Å². The summed E-state index contributed by atoms with van der Waals surface area (Å²) in [5.41, 5.74) is 0. The molecule has 1 heterocycles. The second-order valence-corrected chi connectivity index (χ2v) is 8.33. The Bertz CT molecular complexity index is 483. The summed E-state index contributed by atoms with van der Waals surface area (Å²) in [6.45, 7) is 5.99. The van der Waals surface area contributed by atoms with Gasteiger partial charge < -0.3 is 15.0 Å². The minimum Gasteiger partial charge on any atom is -0.378 e. The van der Waals surface area contributed by atoms with Crippen molar-refractivity contribution >= 4 is 21.7 Å². The number of carbonyl (C=O) groups is 2. The molecule has 0 aromatic rings. The highest BCUT2D eigenvalue weighted by atomic mass is 32.2. The van der Waals surface area contributed by atoms with Crippen LogP contribution in [-0.4, -0.2) is 69.5 Å². The number of carbonyl (C=O) groups excluding carboxylic acids is 2. The zero-order chi connectivity index (χ0) is 16.8. The molecule has 1 atom stereocenters. The van der Waals surface area contributed by atoms with E-state index >= 15 is 0 Å². The van der Waals surface area contributed by atoms with Crippen molar-refractivity contribution in [1.82, 2.24) is 10.2 Å². The van der Waals surface area contributed by atoms with Gasteiger partial charge in [-0.2, -0.15) is 0 Å². The van der Waals surface area contributed by atoms with E-state index in [0.29, 0.717) is 32.7 Å². The van der Waals surface area contributed by atoms with Crippen molar-refractivity contribution in [2.45, 2.75) is 32.7 Å². The fraction of sp³-hybridized carbons (Fsp3) is 0.857. The maximum Gasteiger partial charge on any atom is 0.245 e. The van der Waals surface area contributed by atoms with E-state index in [1.807, 2.05) is 13.8 Å².